The van der Waals surface area contributed by atoms with E-state index in [1.807, 2.05) is 0 Å². The molecule has 0 spiro atoms. The van der Waals surface area contributed by atoms with Crippen molar-refractivity contribution in [2.45, 2.75) is 39.2 Å². The first-order valence-corrected chi connectivity index (χ1v) is 6.52. The van der Waals surface area contributed by atoms with E-state index >= 15 is 0 Å². The molecule has 0 fully saturated rings. The Morgan fingerprint density at radius 3 is 2.71 bits per heavy atom. The molecule has 1 aliphatic carbocycles. The number of hydrogen-bond donors (Lipinski definition) is 2. The maximum Gasteiger partial charge on any atom is 0.0494 e. The summed E-state index contributed by atoms with van der Waals surface area (Å²) in [5, 5.41) is 12.8. The molecule has 1 aromatic rings. The standard InChI is InChI=1S/C15H23NO/c1-15(2,11-17)10-16-14-8-7-12-5-3-4-6-13(12)9-14/h3-6,14,16-17H,7-11H2,1-2H3. The Balaban J connectivity index is 1.90. The summed E-state index contributed by atoms with van der Waals surface area (Å²) in [6.45, 7) is 5.31. The van der Waals surface area contributed by atoms with E-state index in [2.05, 4.69) is 43.4 Å². The van der Waals surface area contributed by atoms with E-state index < -0.39 is 0 Å². The van der Waals surface area contributed by atoms with Crippen molar-refractivity contribution in [1.29, 1.82) is 0 Å². The van der Waals surface area contributed by atoms with Crippen LogP contribution in [0.1, 0.15) is 31.4 Å². The molecule has 0 saturated carbocycles. The average molecular weight is 233 g/mol. The second-order valence-corrected chi connectivity index (χ2v) is 5.91. The molecule has 2 nitrogen and oxygen atoms in total. The molecule has 1 aliphatic rings. The third-order valence-corrected chi connectivity index (χ3v) is 3.64. The van der Waals surface area contributed by atoms with E-state index in [-0.39, 0.29) is 12.0 Å². The summed E-state index contributed by atoms with van der Waals surface area (Å²) < 4.78 is 0. The van der Waals surface area contributed by atoms with Crippen LogP contribution in [0.25, 0.3) is 0 Å². The molecule has 2 rings (SSSR count). The van der Waals surface area contributed by atoms with Gasteiger partial charge in [0.05, 0.1) is 0 Å². The van der Waals surface area contributed by atoms with Crippen LogP contribution in [0, 0.1) is 5.41 Å². The quantitative estimate of drug-likeness (QED) is 0.835. The first-order chi connectivity index (χ1) is 8.11. The van der Waals surface area contributed by atoms with Gasteiger partial charge < -0.3 is 10.4 Å². The lowest BCUT2D eigenvalue weighted by Crippen LogP contribution is -2.41. The molecule has 0 radical (unpaired) electrons. The van der Waals surface area contributed by atoms with Crippen molar-refractivity contribution >= 4 is 0 Å². The lowest BCUT2D eigenvalue weighted by Gasteiger charge is -2.30. The molecule has 2 heteroatoms. The minimum absolute atomic E-state index is 0.0169. The summed E-state index contributed by atoms with van der Waals surface area (Å²) >= 11 is 0. The van der Waals surface area contributed by atoms with Crippen molar-refractivity contribution in [2.24, 2.45) is 5.41 Å². The lowest BCUT2D eigenvalue weighted by atomic mass is 9.87. The zero-order chi connectivity index (χ0) is 12.3. The van der Waals surface area contributed by atoms with Gasteiger partial charge >= 0.3 is 0 Å². The van der Waals surface area contributed by atoms with Gasteiger partial charge in [0.15, 0.2) is 0 Å². The lowest BCUT2D eigenvalue weighted by molar-refractivity contribution is 0.152. The topological polar surface area (TPSA) is 32.3 Å². The fourth-order valence-corrected chi connectivity index (χ4v) is 2.35. The van der Waals surface area contributed by atoms with Crippen molar-refractivity contribution in [3.8, 4) is 0 Å². The molecule has 0 aromatic heterocycles. The summed E-state index contributed by atoms with van der Waals surface area (Å²) in [6.07, 6.45) is 3.50. The monoisotopic (exact) mass is 233 g/mol. The molecule has 0 heterocycles. The van der Waals surface area contributed by atoms with Gasteiger partial charge in [-0.15, -0.1) is 0 Å². The Hall–Kier alpha value is -0.860. The molecule has 1 atom stereocenters. The molecular weight excluding hydrogens is 210 g/mol. The van der Waals surface area contributed by atoms with Crippen molar-refractivity contribution in [1.82, 2.24) is 5.32 Å². The number of aryl methyl sites for hydroxylation is 1. The van der Waals surface area contributed by atoms with Gasteiger partial charge in [-0.2, -0.15) is 0 Å². The minimum atomic E-state index is -0.0169. The summed E-state index contributed by atoms with van der Waals surface area (Å²) in [7, 11) is 0. The highest BCUT2D eigenvalue weighted by Gasteiger charge is 2.21. The van der Waals surface area contributed by atoms with Gasteiger partial charge in [-0.3, -0.25) is 0 Å². The second kappa shape index (κ2) is 5.19. The summed E-state index contributed by atoms with van der Waals surface area (Å²) in [6, 6.07) is 9.29. The summed E-state index contributed by atoms with van der Waals surface area (Å²) in [5.41, 5.74) is 2.97. The van der Waals surface area contributed by atoms with Crippen molar-refractivity contribution in [2.75, 3.05) is 13.2 Å². The van der Waals surface area contributed by atoms with E-state index in [1.165, 1.54) is 24.0 Å². The van der Waals surface area contributed by atoms with Crippen LogP contribution < -0.4 is 5.32 Å². The largest absolute Gasteiger partial charge is 0.396 e. The summed E-state index contributed by atoms with van der Waals surface area (Å²) in [4.78, 5) is 0. The van der Waals surface area contributed by atoms with Crippen LogP contribution in [0.3, 0.4) is 0 Å². The maximum absolute atomic E-state index is 9.24. The number of aliphatic hydroxyl groups excluding tert-OH is 1. The fraction of sp³-hybridized carbons (Fsp3) is 0.600. The SMILES string of the molecule is CC(C)(CO)CNC1CCc2ccccc2C1. The molecular formula is C15H23NO. The molecule has 17 heavy (non-hydrogen) atoms. The minimum Gasteiger partial charge on any atom is -0.396 e. The Kier molecular flexibility index (Phi) is 3.85. The van der Waals surface area contributed by atoms with Gasteiger partial charge in [-0.25, -0.2) is 0 Å². The Labute approximate surface area is 104 Å². The van der Waals surface area contributed by atoms with Gasteiger partial charge in [0, 0.05) is 24.6 Å². The van der Waals surface area contributed by atoms with Crippen LogP contribution in [0.15, 0.2) is 24.3 Å². The predicted octanol–water partition coefficient (Wildman–Crippen LogP) is 2.15. The number of fused-ring (bicyclic) bond motifs is 1. The van der Waals surface area contributed by atoms with Gasteiger partial charge in [0.2, 0.25) is 0 Å². The van der Waals surface area contributed by atoms with E-state index in [9.17, 15) is 5.11 Å². The third kappa shape index (κ3) is 3.30. The molecule has 1 aromatic carbocycles. The van der Waals surface area contributed by atoms with Crippen molar-refractivity contribution in [3.63, 3.8) is 0 Å². The zero-order valence-electron chi connectivity index (χ0n) is 10.9. The highest BCUT2D eigenvalue weighted by atomic mass is 16.3. The average Bonchev–Trinajstić information content (AvgIpc) is 2.36. The summed E-state index contributed by atoms with van der Waals surface area (Å²) in [5.74, 6) is 0. The number of nitrogens with one attached hydrogen (secondary N) is 1. The van der Waals surface area contributed by atoms with Crippen LogP contribution >= 0.6 is 0 Å². The molecule has 2 N–H and O–H groups in total. The molecule has 0 saturated heterocycles. The fourth-order valence-electron chi connectivity index (χ4n) is 2.35. The number of aliphatic hydroxyl groups is 1. The van der Waals surface area contributed by atoms with Gasteiger partial charge in [-0.1, -0.05) is 38.1 Å². The first-order valence-electron chi connectivity index (χ1n) is 6.52. The Morgan fingerprint density at radius 1 is 1.29 bits per heavy atom. The third-order valence-electron chi connectivity index (χ3n) is 3.64. The van der Waals surface area contributed by atoms with Crippen molar-refractivity contribution < 1.29 is 5.11 Å². The molecule has 0 bridgehead atoms. The van der Waals surface area contributed by atoms with Crippen molar-refractivity contribution in [3.05, 3.63) is 35.4 Å². The molecule has 1 unspecified atom stereocenters. The van der Waals surface area contributed by atoms with E-state index in [4.69, 9.17) is 0 Å². The normalized spacial score (nSPS) is 20.1. The van der Waals surface area contributed by atoms with Gasteiger partial charge in [0.1, 0.15) is 0 Å². The Bertz CT molecular complexity index is 373. The van der Waals surface area contributed by atoms with E-state index in [0.717, 1.165) is 13.0 Å². The zero-order valence-corrected chi connectivity index (χ0v) is 10.9. The number of hydrogen-bond acceptors (Lipinski definition) is 2. The van der Waals surface area contributed by atoms with Gasteiger partial charge in [-0.05, 0) is 30.4 Å². The van der Waals surface area contributed by atoms with Crippen LogP contribution in [0.2, 0.25) is 0 Å². The van der Waals surface area contributed by atoms with Gasteiger partial charge in [0.25, 0.3) is 0 Å². The van der Waals surface area contributed by atoms with Crippen LogP contribution in [-0.2, 0) is 12.8 Å². The molecule has 94 valence electrons. The highest BCUT2D eigenvalue weighted by molar-refractivity contribution is 5.30. The number of rotatable bonds is 4. The van der Waals surface area contributed by atoms with E-state index in [1.54, 1.807) is 0 Å². The smallest absolute Gasteiger partial charge is 0.0494 e. The Morgan fingerprint density at radius 2 is 2.00 bits per heavy atom. The molecule has 0 amide bonds. The van der Waals surface area contributed by atoms with E-state index in [0.29, 0.717) is 6.04 Å². The van der Waals surface area contributed by atoms with Crippen LogP contribution in [-0.4, -0.2) is 24.3 Å². The van der Waals surface area contributed by atoms with Crippen LogP contribution in [0.4, 0.5) is 0 Å². The molecule has 0 aliphatic heterocycles. The second-order valence-electron chi connectivity index (χ2n) is 5.91. The highest BCUT2D eigenvalue weighted by Crippen LogP contribution is 2.22. The van der Waals surface area contributed by atoms with Crippen LogP contribution in [0.5, 0.6) is 0 Å². The first kappa shape index (κ1) is 12.6. The maximum atomic E-state index is 9.24. The predicted molar refractivity (Wildman–Crippen MR) is 71.1 cm³/mol. The number of benzene rings is 1.